The third-order valence-corrected chi connectivity index (χ3v) is 4.81. The molecule has 2 amide bonds. The van der Waals surface area contributed by atoms with Gasteiger partial charge >= 0.3 is 6.03 Å². The number of nitrogens with zero attached hydrogens (tertiary/aromatic N) is 1. The second-order valence-electron chi connectivity index (χ2n) is 6.61. The maximum Gasteiger partial charge on any atom is 0.318 e. The molecule has 0 fully saturated rings. The van der Waals surface area contributed by atoms with Crippen molar-refractivity contribution in [3.63, 3.8) is 0 Å². The molecule has 140 valence electrons. The van der Waals surface area contributed by atoms with E-state index in [-0.39, 0.29) is 12.1 Å². The van der Waals surface area contributed by atoms with Crippen LogP contribution in [-0.2, 0) is 6.54 Å². The Labute approximate surface area is 157 Å². The topological polar surface area (TPSA) is 63.9 Å². The van der Waals surface area contributed by atoms with Crippen LogP contribution in [0.15, 0.2) is 52.9 Å². The minimum Gasteiger partial charge on any atom is -0.486 e. The molecule has 27 heavy (non-hydrogen) atoms. The van der Waals surface area contributed by atoms with Crippen molar-refractivity contribution in [2.24, 2.45) is 0 Å². The van der Waals surface area contributed by atoms with Gasteiger partial charge in [0.05, 0.1) is 6.04 Å². The van der Waals surface area contributed by atoms with E-state index in [9.17, 15) is 4.79 Å². The number of amides is 2. The number of fused-ring (bicyclic) bond motifs is 2. The Kier molecular flexibility index (Phi) is 4.62. The largest absolute Gasteiger partial charge is 0.486 e. The number of hydrogen-bond acceptors (Lipinski definition) is 4. The van der Waals surface area contributed by atoms with Gasteiger partial charge in [0.15, 0.2) is 11.5 Å². The Morgan fingerprint density at radius 3 is 2.70 bits per heavy atom. The molecule has 0 radical (unpaired) electrons. The van der Waals surface area contributed by atoms with E-state index in [0.29, 0.717) is 19.8 Å². The van der Waals surface area contributed by atoms with Gasteiger partial charge in [-0.15, -0.1) is 0 Å². The molecular formula is C21H22N2O4. The van der Waals surface area contributed by atoms with Gasteiger partial charge in [-0.2, -0.15) is 0 Å². The minimum atomic E-state index is -0.183. The molecule has 1 aromatic heterocycles. The fourth-order valence-corrected chi connectivity index (χ4v) is 3.08. The van der Waals surface area contributed by atoms with Crippen molar-refractivity contribution in [1.82, 2.24) is 10.2 Å². The Balaban J connectivity index is 1.40. The zero-order valence-corrected chi connectivity index (χ0v) is 15.4. The molecule has 0 aliphatic carbocycles. The van der Waals surface area contributed by atoms with Crippen LogP contribution in [0.2, 0.25) is 0 Å². The van der Waals surface area contributed by atoms with Gasteiger partial charge in [0.2, 0.25) is 0 Å². The normalized spacial score (nSPS) is 14.0. The molecule has 1 aliphatic rings. The van der Waals surface area contributed by atoms with Crippen LogP contribution in [0.1, 0.15) is 24.3 Å². The van der Waals surface area contributed by atoms with E-state index in [1.807, 2.05) is 55.5 Å². The maximum absolute atomic E-state index is 12.6. The Hall–Kier alpha value is -3.15. The zero-order chi connectivity index (χ0) is 18.8. The summed E-state index contributed by atoms with van der Waals surface area (Å²) >= 11 is 0. The predicted octanol–water partition coefficient (Wildman–Crippen LogP) is 4.11. The fraction of sp³-hybridized carbons (Fsp3) is 0.286. The third kappa shape index (κ3) is 3.56. The van der Waals surface area contributed by atoms with E-state index in [1.165, 1.54) is 0 Å². The number of nitrogens with one attached hydrogen (secondary N) is 1. The van der Waals surface area contributed by atoms with Crippen LogP contribution in [0.4, 0.5) is 4.79 Å². The molecule has 3 aromatic rings. The lowest BCUT2D eigenvalue weighted by atomic mass is 10.2. The smallest absolute Gasteiger partial charge is 0.318 e. The van der Waals surface area contributed by atoms with Gasteiger partial charge < -0.3 is 24.1 Å². The number of carbonyl (C=O) groups is 1. The number of para-hydroxylation sites is 1. The monoisotopic (exact) mass is 366 g/mol. The molecule has 6 nitrogen and oxygen atoms in total. The summed E-state index contributed by atoms with van der Waals surface area (Å²) in [6.45, 7) is 3.46. The van der Waals surface area contributed by atoms with Gasteiger partial charge in [0, 0.05) is 19.0 Å². The predicted molar refractivity (Wildman–Crippen MR) is 102 cm³/mol. The molecule has 0 saturated carbocycles. The Bertz CT molecular complexity index is 933. The highest BCUT2D eigenvalue weighted by Gasteiger charge is 2.21. The van der Waals surface area contributed by atoms with Crippen molar-refractivity contribution in [2.45, 2.75) is 19.5 Å². The molecule has 1 atom stereocenters. The van der Waals surface area contributed by atoms with Crippen LogP contribution in [0.25, 0.3) is 11.0 Å². The first kappa shape index (κ1) is 17.3. The lowest BCUT2D eigenvalue weighted by molar-refractivity contribution is 0.171. The summed E-state index contributed by atoms with van der Waals surface area (Å²) in [4.78, 5) is 14.2. The van der Waals surface area contributed by atoms with Gasteiger partial charge in [0.1, 0.15) is 24.6 Å². The number of furan rings is 1. The van der Waals surface area contributed by atoms with Crippen molar-refractivity contribution >= 4 is 17.0 Å². The summed E-state index contributed by atoms with van der Waals surface area (Å²) in [7, 11) is 1.76. The summed E-state index contributed by atoms with van der Waals surface area (Å²) in [6, 6.07) is 15.1. The molecule has 1 unspecified atom stereocenters. The van der Waals surface area contributed by atoms with Crippen molar-refractivity contribution in [3.8, 4) is 11.5 Å². The number of ether oxygens (including phenoxy) is 2. The second kappa shape index (κ2) is 7.23. The molecule has 1 N–H and O–H groups in total. The SMILES string of the molecule is CC(c1cc2ccccc2o1)N(C)C(=O)NCc1ccc2c(c1)OCCO2. The second-order valence-corrected chi connectivity index (χ2v) is 6.61. The summed E-state index contributed by atoms with van der Waals surface area (Å²) in [5.74, 6) is 2.22. The maximum atomic E-state index is 12.6. The minimum absolute atomic E-state index is 0.169. The van der Waals surface area contributed by atoms with Gasteiger partial charge in [-0.3, -0.25) is 0 Å². The van der Waals surface area contributed by atoms with E-state index in [4.69, 9.17) is 13.9 Å². The highest BCUT2D eigenvalue weighted by Crippen LogP contribution is 2.31. The van der Waals surface area contributed by atoms with Crippen molar-refractivity contribution in [3.05, 3.63) is 59.9 Å². The van der Waals surface area contributed by atoms with Gasteiger partial charge in [-0.25, -0.2) is 4.79 Å². The average Bonchev–Trinajstić information content (AvgIpc) is 3.15. The summed E-state index contributed by atoms with van der Waals surface area (Å²) in [5.41, 5.74) is 1.78. The van der Waals surface area contributed by atoms with Crippen LogP contribution >= 0.6 is 0 Å². The lowest BCUT2D eigenvalue weighted by Crippen LogP contribution is -2.38. The molecule has 0 saturated heterocycles. The molecule has 0 spiro atoms. The van der Waals surface area contributed by atoms with Crippen molar-refractivity contribution < 1.29 is 18.7 Å². The average molecular weight is 366 g/mol. The molecule has 4 rings (SSSR count). The third-order valence-electron chi connectivity index (χ3n) is 4.81. The number of hydrogen-bond donors (Lipinski definition) is 1. The summed E-state index contributed by atoms with van der Waals surface area (Å²) in [6.07, 6.45) is 0. The quantitative estimate of drug-likeness (QED) is 0.755. The highest BCUT2D eigenvalue weighted by molar-refractivity contribution is 5.78. The number of urea groups is 1. The molecule has 0 bridgehead atoms. The number of carbonyl (C=O) groups excluding carboxylic acids is 1. The first-order chi connectivity index (χ1) is 13.1. The van der Waals surface area contributed by atoms with E-state index >= 15 is 0 Å². The first-order valence-corrected chi connectivity index (χ1v) is 8.99. The zero-order valence-electron chi connectivity index (χ0n) is 15.4. The van der Waals surface area contributed by atoms with Crippen LogP contribution in [0.3, 0.4) is 0 Å². The van der Waals surface area contributed by atoms with Gasteiger partial charge in [-0.1, -0.05) is 24.3 Å². The van der Waals surface area contributed by atoms with E-state index in [2.05, 4.69) is 5.32 Å². The number of benzene rings is 2. The molecular weight excluding hydrogens is 344 g/mol. The molecule has 6 heteroatoms. The summed E-state index contributed by atoms with van der Waals surface area (Å²) < 4.78 is 17.0. The summed E-state index contributed by atoms with van der Waals surface area (Å²) in [5, 5.41) is 3.97. The van der Waals surface area contributed by atoms with E-state index in [1.54, 1.807) is 11.9 Å². The standard InChI is InChI=1S/C21H22N2O4/c1-14(19-12-16-5-3-4-6-17(16)27-19)23(2)21(24)22-13-15-7-8-18-20(11-15)26-10-9-25-18/h3-8,11-12,14H,9-10,13H2,1-2H3,(H,22,24). The van der Waals surface area contributed by atoms with Gasteiger partial charge in [-0.05, 0) is 36.8 Å². The Morgan fingerprint density at radius 2 is 1.89 bits per heavy atom. The fourth-order valence-electron chi connectivity index (χ4n) is 3.08. The first-order valence-electron chi connectivity index (χ1n) is 8.99. The molecule has 1 aliphatic heterocycles. The van der Waals surface area contributed by atoms with Gasteiger partial charge in [0.25, 0.3) is 0 Å². The van der Waals surface area contributed by atoms with Crippen molar-refractivity contribution in [2.75, 3.05) is 20.3 Å². The van der Waals surface area contributed by atoms with Crippen LogP contribution in [0.5, 0.6) is 11.5 Å². The van der Waals surface area contributed by atoms with E-state index < -0.39 is 0 Å². The van der Waals surface area contributed by atoms with Crippen LogP contribution < -0.4 is 14.8 Å². The van der Waals surface area contributed by atoms with Crippen LogP contribution in [0, 0.1) is 0 Å². The molecule has 2 aromatic carbocycles. The highest BCUT2D eigenvalue weighted by atomic mass is 16.6. The van der Waals surface area contributed by atoms with Crippen LogP contribution in [-0.4, -0.2) is 31.2 Å². The number of rotatable bonds is 4. The molecule has 2 heterocycles. The Morgan fingerprint density at radius 1 is 1.11 bits per heavy atom. The van der Waals surface area contributed by atoms with Crippen molar-refractivity contribution in [1.29, 1.82) is 0 Å². The van der Waals surface area contributed by atoms with E-state index in [0.717, 1.165) is 33.8 Å². The lowest BCUT2D eigenvalue weighted by Gasteiger charge is -2.24.